The van der Waals surface area contributed by atoms with Gasteiger partial charge in [-0.05, 0) is 41.6 Å². The van der Waals surface area contributed by atoms with Gasteiger partial charge in [-0.25, -0.2) is 13.6 Å². The number of nitrogens with zero attached hydrogens (tertiary/aromatic N) is 2. The van der Waals surface area contributed by atoms with Crippen molar-refractivity contribution in [2.45, 2.75) is 18.4 Å². The first-order valence-corrected chi connectivity index (χ1v) is 9.52. The largest absolute Gasteiger partial charge is 0.337 e. The molecule has 7 heteroatoms. The topological polar surface area (TPSA) is 93.4 Å². The summed E-state index contributed by atoms with van der Waals surface area (Å²) >= 11 is 0. The van der Waals surface area contributed by atoms with E-state index in [1.807, 2.05) is 24.3 Å². The summed E-state index contributed by atoms with van der Waals surface area (Å²) in [5, 5.41) is 7.20. The molecule has 0 fully saturated rings. The van der Waals surface area contributed by atoms with E-state index < -0.39 is 10.0 Å². The van der Waals surface area contributed by atoms with Gasteiger partial charge >= 0.3 is 0 Å². The minimum atomic E-state index is -3.87. The molecule has 0 radical (unpaired) electrons. The van der Waals surface area contributed by atoms with Crippen LogP contribution >= 0.6 is 0 Å². The summed E-state index contributed by atoms with van der Waals surface area (Å²) in [5.41, 5.74) is 2.00. The van der Waals surface area contributed by atoms with Gasteiger partial charge in [-0.15, -0.1) is 0 Å². The number of aryl methyl sites for hydroxylation is 1. The lowest BCUT2D eigenvalue weighted by atomic mass is 10.0. The second kappa shape index (κ2) is 6.86. The highest BCUT2D eigenvalue weighted by Crippen LogP contribution is 2.21. The highest BCUT2D eigenvalue weighted by atomic mass is 32.2. The zero-order valence-corrected chi connectivity index (χ0v) is 15.3. The van der Waals surface area contributed by atoms with Crippen molar-refractivity contribution in [3.8, 4) is 0 Å². The minimum absolute atomic E-state index is 0.0731. The van der Waals surface area contributed by atoms with Crippen LogP contribution < -0.4 is 5.14 Å². The normalized spacial score (nSPS) is 11.5. The Morgan fingerprint density at radius 3 is 2.69 bits per heavy atom. The molecule has 0 bridgehead atoms. The SMILES string of the molecule is Cc1ccc(S(N)(=O)=O)cc1C(=O)N(C)Cc1cccc2cnccc12. The fraction of sp³-hybridized carbons (Fsp3) is 0.158. The molecule has 0 aliphatic carbocycles. The fourth-order valence-electron chi connectivity index (χ4n) is 2.87. The van der Waals surface area contributed by atoms with E-state index in [9.17, 15) is 13.2 Å². The number of aromatic nitrogens is 1. The van der Waals surface area contributed by atoms with Crippen LogP contribution in [0.25, 0.3) is 10.8 Å². The Morgan fingerprint density at radius 1 is 1.19 bits per heavy atom. The highest BCUT2D eigenvalue weighted by Gasteiger charge is 2.18. The predicted octanol–water partition coefficient (Wildman–Crippen LogP) is 2.46. The molecule has 1 heterocycles. The Hall–Kier alpha value is -2.77. The minimum Gasteiger partial charge on any atom is -0.337 e. The maximum absolute atomic E-state index is 12.9. The first-order valence-electron chi connectivity index (χ1n) is 7.98. The zero-order chi connectivity index (χ0) is 18.9. The van der Waals surface area contributed by atoms with Crippen molar-refractivity contribution in [3.63, 3.8) is 0 Å². The third kappa shape index (κ3) is 3.58. The first kappa shape index (κ1) is 18.0. The number of rotatable bonds is 4. The third-order valence-corrected chi connectivity index (χ3v) is 5.20. The van der Waals surface area contributed by atoms with Gasteiger partial charge in [-0.2, -0.15) is 0 Å². The molecule has 0 saturated carbocycles. The molecule has 6 nitrogen and oxygen atoms in total. The Morgan fingerprint density at radius 2 is 1.96 bits per heavy atom. The standard InChI is InChI=1S/C19H19N3O3S/c1-13-6-7-16(26(20,24)25)10-18(13)19(23)22(2)12-15-5-3-4-14-11-21-9-8-17(14)15/h3-11H,12H2,1-2H3,(H2,20,24,25). The molecule has 1 aromatic heterocycles. The van der Waals surface area contributed by atoms with E-state index in [-0.39, 0.29) is 10.8 Å². The van der Waals surface area contributed by atoms with E-state index in [1.54, 1.807) is 37.3 Å². The molecule has 26 heavy (non-hydrogen) atoms. The van der Waals surface area contributed by atoms with E-state index in [0.717, 1.165) is 16.3 Å². The Kier molecular flexibility index (Phi) is 4.76. The number of pyridine rings is 1. The van der Waals surface area contributed by atoms with Gasteiger partial charge in [-0.3, -0.25) is 9.78 Å². The molecular formula is C19H19N3O3S. The molecule has 2 aromatic carbocycles. The van der Waals surface area contributed by atoms with Gasteiger partial charge in [0.1, 0.15) is 0 Å². The van der Waals surface area contributed by atoms with Crippen LogP contribution in [0.5, 0.6) is 0 Å². The van der Waals surface area contributed by atoms with Crippen LogP contribution in [0.2, 0.25) is 0 Å². The van der Waals surface area contributed by atoms with Crippen molar-refractivity contribution in [1.29, 1.82) is 0 Å². The van der Waals surface area contributed by atoms with E-state index in [2.05, 4.69) is 4.98 Å². The summed E-state index contributed by atoms with van der Waals surface area (Å²) in [6.45, 7) is 2.15. The summed E-state index contributed by atoms with van der Waals surface area (Å²) < 4.78 is 23.1. The van der Waals surface area contributed by atoms with Crippen molar-refractivity contribution in [2.75, 3.05) is 7.05 Å². The lowest BCUT2D eigenvalue weighted by Crippen LogP contribution is -2.27. The van der Waals surface area contributed by atoms with Gasteiger partial charge in [0.05, 0.1) is 4.90 Å². The lowest BCUT2D eigenvalue weighted by molar-refractivity contribution is 0.0784. The van der Waals surface area contributed by atoms with Crippen molar-refractivity contribution in [1.82, 2.24) is 9.88 Å². The zero-order valence-electron chi connectivity index (χ0n) is 14.5. The summed E-state index contributed by atoms with van der Waals surface area (Å²) in [4.78, 5) is 18.5. The Balaban J connectivity index is 1.93. The van der Waals surface area contributed by atoms with E-state index in [4.69, 9.17) is 5.14 Å². The van der Waals surface area contributed by atoms with Crippen LogP contribution in [0.4, 0.5) is 0 Å². The van der Waals surface area contributed by atoms with Gasteiger partial charge in [-0.1, -0.05) is 24.3 Å². The molecule has 0 unspecified atom stereocenters. The van der Waals surface area contributed by atoms with E-state index >= 15 is 0 Å². The van der Waals surface area contributed by atoms with Gasteiger partial charge in [0, 0.05) is 36.9 Å². The van der Waals surface area contributed by atoms with Gasteiger partial charge in [0.2, 0.25) is 10.0 Å². The molecule has 0 aliphatic heterocycles. The fourth-order valence-corrected chi connectivity index (χ4v) is 3.41. The number of primary sulfonamides is 1. The van der Waals surface area contributed by atoms with Crippen molar-refractivity contribution < 1.29 is 13.2 Å². The average molecular weight is 369 g/mol. The predicted molar refractivity (Wildman–Crippen MR) is 100 cm³/mol. The molecule has 0 saturated heterocycles. The van der Waals surface area contributed by atoms with Crippen molar-refractivity contribution >= 4 is 26.7 Å². The number of carbonyl (C=O) groups is 1. The molecule has 3 rings (SSSR count). The third-order valence-electron chi connectivity index (χ3n) is 4.29. The molecule has 0 aliphatic rings. The van der Waals surface area contributed by atoms with Crippen molar-refractivity contribution in [3.05, 3.63) is 71.5 Å². The maximum atomic E-state index is 12.9. The summed E-state index contributed by atoms with van der Waals surface area (Å²) in [6, 6.07) is 12.1. The quantitative estimate of drug-likeness (QED) is 0.764. The summed E-state index contributed by atoms with van der Waals surface area (Å²) in [7, 11) is -2.18. The van der Waals surface area contributed by atoms with Gasteiger partial charge < -0.3 is 4.90 Å². The monoisotopic (exact) mass is 369 g/mol. The number of benzene rings is 2. The molecule has 2 N–H and O–H groups in total. The number of hydrogen-bond acceptors (Lipinski definition) is 4. The van der Waals surface area contributed by atoms with Gasteiger partial charge in [0.25, 0.3) is 5.91 Å². The lowest BCUT2D eigenvalue weighted by Gasteiger charge is -2.20. The molecular weight excluding hydrogens is 350 g/mol. The van der Waals surface area contributed by atoms with Crippen LogP contribution in [0.15, 0.2) is 59.8 Å². The molecule has 0 atom stereocenters. The number of fused-ring (bicyclic) bond motifs is 1. The molecule has 3 aromatic rings. The molecule has 134 valence electrons. The van der Waals surface area contributed by atoms with Crippen LogP contribution in [-0.2, 0) is 16.6 Å². The second-order valence-corrected chi connectivity index (χ2v) is 7.76. The van der Waals surface area contributed by atoms with Gasteiger partial charge in [0.15, 0.2) is 0 Å². The van der Waals surface area contributed by atoms with E-state index in [1.165, 1.54) is 12.1 Å². The second-order valence-electron chi connectivity index (χ2n) is 6.20. The smallest absolute Gasteiger partial charge is 0.254 e. The summed E-state index contributed by atoms with van der Waals surface area (Å²) in [6.07, 6.45) is 3.49. The summed E-state index contributed by atoms with van der Waals surface area (Å²) in [5.74, 6) is -0.265. The maximum Gasteiger partial charge on any atom is 0.254 e. The first-order chi connectivity index (χ1) is 12.3. The molecule has 0 spiro atoms. The number of sulfonamides is 1. The van der Waals surface area contributed by atoms with Crippen molar-refractivity contribution in [2.24, 2.45) is 5.14 Å². The van der Waals surface area contributed by atoms with Crippen LogP contribution in [0, 0.1) is 6.92 Å². The average Bonchev–Trinajstić information content (AvgIpc) is 2.61. The highest BCUT2D eigenvalue weighted by molar-refractivity contribution is 7.89. The Bertz CT molecular complexity index is 1090. The van der Waals surface area contributed by atoms with E-state index in [0.29, 0.717) is 17.7 Å². The van der Waals surface area contributed by atoms with Crippen LogP contribution in [-0.4, -0.2) is 31.3 Å². The van der Waals surface area contributed by atoms with Crippen LogP contribution in [0.3, 0.4) is 0 Å². The number of amides is 1. The Labute approximate surface area is 152 Å². The van der Waals surface area contributed by atoms with Crippen LogP contribution in [0.1, 0.15) is 21.5 Å². The molecule has 1 amide bonds. The number of carbonyl (C=O) groups excluding carboxylic acids is 1. The number of hydrogen-bond donors (Lipinski definition) is 1. The number of nitrogens with two attached hydrogens (primary N) is 1.